The zero-order valence-corrected chi connectivity index (χ0v) is 11.2. The van der Waals surface area contributed by atoms with Gasteiger partial charge in [0.15, 0.2) is 0 Å². The molecule has 1 heterocycles. The van der Waals surface area contributed by atoms with Crippen molar-refractivity contribution < 1.29 is 13.2 Å². The number of halogens is 4. The Morgan fingerprint density at radius 1 is 1.33 bits per heavy atom. The van der Waals surface area contributed by atoms with Gasteiger partial charge in [-0.15, -0.1) is 0 Å². The van der Waals surface area contributed by atoms with Crippen LogP contribution in [0.25, 0.3) is 0 Å². The highest BCUT2D eigenvalue weighted by molar-refractivity contribution is 14.1. The Labute approximate surface area is 115 Å². The number of nitrogens with zero attached hydrogens (tertiary/aromatic N) is 2. The lowest BCUT2D eigenvalue weighted by Crippen LogP contribution is -2.09. The van der Waals surface area contributed by atoms with Crippen LogP contribution in [0.15, 0.2) is 30.5 Å². The van der Waals surface area contributed by atoms with Crippen LogP contribution in [0, 0.1) is 3.57 Å². The van der Waals surface area contributed by atoms with Gasteiger partial charge in [-0.1, -0.05) is 12.1 Å². The van der Waals surface area contributed by atoms with Crippen molar-refractivity contribution in [3.05, 3.63) is 45.2 Å². The van der Waals surface area contributed by atoms with Gasteiger partial charge < -0.3 is 5.73 Å². The van der Waals surface area contributed by atoms with E-state index >= 15 is 0 Å². The Morgan fingerprint density at radius 3 is 2.61 bits per heavy atom. The summed E-state index contributed by atoms with van der Waals surface area (Å²) in [6.07, 6.45) is -2.76. The Hall–Kier alpha value is -1.25. The summed E-state index contributed by atoms with van der Waals surface area (Å²) in [6, 6.07) is 5.14. The van der Waals surface area contributed by atoms with Gasteiger partial charge in [0.1, 0.15) is 5.82 Å². The minimum Gasteiger partial charge on any atom is -0.383 e. The normalized spacial score (nSPS) is 11.8. The van der Waals surface area contributed by atoms with Crippen molar-refractivity contribution in [1.29, 1.82) is 0 Å². The molecular formula is C11H9F3IN3. The molecule has 0 spiro atoms. The van der Waals surface area contributed by atoms with Crippen LogP contribution in [-0.2, 0) is 12.7 Å². The maximum Gasteiger partial charge on any atom is 0.416 e. The van der Waals surface area contributed by atoms with Gasteiger partial charge in [-0.3, -0.25) is 0 Å². The second-order valence-corrected chi connectivity index (χ2v) is 4.90. The number of hydrogen-bond acceptors (Lipinski definition) is 2. The second kappa shape index (κ2) is 4.79. The number of alkyl halides is 3. The zero-order valence-electron chi connectivity index (χ0n) is 9.08. The van der Waals surface area contributed by atoms with E-state index in [-0.39, 0.29) is 6.54 Å². The monoisotopic (exact) mass is 367 g/mol. The number of nitrogens with two attached hydrogens (primary N) is 1. The predicted octanol–water partition coefficient (Wildman–Crippen LogP) is 3.14. The standard InChI is InChI=1S/C11H9F3IN3/c12-11(13,14)8-3-1-2-7(4-8)6-18-10(16)9(15)5-17-18/h1-5H,6,16H2. The van der Waals surface area contributed by atoms with E-state index in [4.69, 9.17) is 5.73 Å². The Morgan fingerprint density at radius 2 is 2.06 bits per heavy atom. The highest BCUT2D eigenvalue weighted by Gasteiger charge is 2.30. The first kappa shape index (κ1) is 13.2. The fraction of sp³-hybridized carbons (Fsp3) is 0.182. The molecule has 2 N–H and O–H groups in total. The number of aromatic nitrogens is 2. The summed E-state index contributed by atoms with van der Waals surface area (Å²) in [4.78, 5) is 0. The molecular weight excluding hydrogens is 358 g/mol. The third kappa shape index (κ3) is 2.77. The van der Waals surface area contributed by atoms with Gasteiger partial charge in [0.05, 0.1) is 21.9 Å². The predicted molar refractivity (Wildman–Crippen MR) is 69.9 cm³/mol. The summed E-state index contributed by atoms with van der Waals surface area (Å²) < 4.78 is 39.9. The van der Waals surface area contributed by atoms with Crippen LogP contribution in [-0.4, -0.2) is 9.78 Å². The van der Waals surface area contributed by atoms with Crippen LogP contribution in [0.3, 0.4) is 0 Å². The summed E-state index contributed by atoms with van der Waals surface area (Å²) in [5, 5.41) is 4.01. The largest absolute Gasteiger partial charge is 0.416 e. The van der Waals surface area contributed by atoms with E-state index in [1.54, 1.807) is 12.3 Å². The first-order chi connectivity index (χ1) is 8.38. The third-order valence-corrected chi connectivity index (χ3v) is 3.25. The zero-order chi connectivity index (χ0) is 13.3. The van der Waals surface area contributed by atoms with Crippen LogP contribution in [0.1, 0.15) is 11.1 Å². The topological polar surface area (TPSA) is 43.8 Å². The molecule has 1 aromatic heterocycles. The highest BCUT2D eigenvalue weighted by Crippen LogP contribution is 2.29. The van der Waals surface area contributed by atoms with Crippen molar-refractivity contribution in [1.82, 2.24) is 9.78 Å². The molecule has 0 fully saturated rings. The van der Waals surface area contributed by atoms with Crippen LogP contribution >= 0.6 is 22.6 Å². The van der Waals surface area contributed by atoms with E-state index in [1.807, 2.05) is 22.6 Å². The van der Waals surface area contributed by atoms with Crippen molar-refractivity contribution in [2.24, 2.45) is 0 Å². The number of nitrogen functional groups attached to an aromatic ring is 1. The fourth-order valence-electron chi connectivity index (χ4n) is 1.52. The van der Waals surface area contributed by atoms with Gasteiger partial charge in [0.25, 0.3) is 0 Å². The molecule has 1 aromatic carbocycles. The number of benzene rings is 1. The molecule has 7 heteroatoms. The first-order valence-corrected chi connectivity index (χ1v) is 6.08. The van der Waals surface area contributed by atoms with Gasteiger partial charge >= 0.3 is 6.18 Å². The van der Waals surface area contributed by atoms with Gasteiger partial charge in [-0.05, 0) is 40.3 Å². The molecule has 0 radical (unpaired) electrons. The molecule has 0 aliphatic carbocycles. The van der Waals surface area contributed by atoms with E-state index < -0.39 is 11.7 Å². The lowest BCUT2D eigenvalue weighted by atomic mass is 10.1. The van der Waals surface area contributed by atoms with E-state index in [1.165, 1.54) is 10.7 Å². The van der Waals surface area contributed by atoms with Crippen molar-refractivity contribution in [2.75, 3.05) is 5.73 Å². The Kier molecular flexibility index (Phi) is 3.51. The Bertz CT molecular complexity index is 563. The molecule has 18 heavy (non-hydrogen) atoms. The minimum absolute atomic E-state index is 0.221. The van der Waals surface area contributed by atoms with Gasteiger partial charge in [0, 0.05) is 0 Å². The third-order valence-electron chi connectivity index (χ3n) is 2.42. The SMILES string of the molecule is Nc1c(I)cnn1Cc1cccc(C(F)(F)F)c1. The van der Waals surface area contributed by atoms with Crippen molar-refractivity contribution >= 4 is 28.4 Å². The fourth-order valence-corrected chi connectivity index (χ4v) is 1.92. The van der Waals surface area contributed by atoms with Crippen molar-refractivity contribution in [3.8, 4) is 0 Å². The van der Waals surface area contributed by atoms with Crippen LogP contribution in [0.4, 0.5) is 19.0 Å². The number of anilines is 1. The molecule has 2 rings (SSSR count). The van der Waals surface area contributed by atoms with E-state index in [0.717, 1.165) is 15.7 Å². The molecule has 0 amide bonds. The second-order valence-electron chi connectivity index (χ2n) is 3.73. The quantitative estimate of drug-likeness (QED) is 0.829. The molecule has 0 bridgehead atoms. The van der Waals surface area contributed by atoms with E-state index in [0.29, 0.717) is 11.4 Å². The van der Waals surface area contributed by atoms with Gasteiger partial charge in [-0.25, -0.2) is 4.68 Å². The average Bonchev–Trinajstić information content (AvgIpc) is 2.60. The smallest absolute Gasteiger partial charge is 0.383 e. The molecule has 0 saturated carbocycles. The van der Waals surface area contributed by atoms with E-state index in [9.17, 15) is 13.2 Å². The summed E-state index contributed by atoms with van der Waals surface area (Å²) in [7, 11) is 0. The van der Waals surface area contributed by atoms with Crippen molar-refractivity contribution in [3.63, 3.8) is 0 Å². The van der Waals surface area contributed by atoms with E-state index in [2.05, 4.69) is 5.10 Å². The lowest BCUT2D eigenvalue weighted by molar-refractivity contribution is -0.137. The van der Waals surface area contributed by atoms with Gasteiger partial charge in [-0.2, -0.15) is 18.3 Å². The maximum atomic E-state index is 12.5. The molecule has 0 atom stereocenters. The van der Waals surface area contributed by atoms with Crippen LogP contribution in [0.2, 0.25) is 0 Å². The molecule has 0 saturated heterocycles. The summed E-state index contributed by atoms with van der Waals surface area (Å²) in [5.74, 6) is 0.452. The Balaban J connectivity index is 2.28. The van der Waals surface area contributed by atoms with Gasteiger partial charge in [0.2, 0.25) is 0 Å². The summed E-state index contributed by atoms with van der Waals surface area (Å²) in [5.41, 5.74) is 5.59. The van der Waals surface area contributed by atoms with Crippen LogP contribution < -0.4 is 5.73 Å². The molecule has 96 valence electrons. The lowest BCUT2D eigenvalue weighted by Gasteiger charge is -2.09. The first-order valence-electron chi connectivity index (χ1n) is 5.01. The average molecular weight is 367 g/mol. The maximum absolute atomic E-state index is 12.5. The van der Waals surface area contributed by atoms with Crippen LogP contribution in [0.5, 0.6) is 0 Å². The molecule has 0 aliphatic rings. The molecule has 2 aromatic rings. The molecule has 0 aliphatic heterocycles. The highest BCUT2D eigenvalue weighted by atomic mass is 127. The summed E-state index contributed by atoms with van der Waals surface area (Å²) >= 11 is 2.02. The molecule has 0 unspecified atom stereocenters. The number of rotatable bonds is 2. The van der Waals surface area contributed by atoms with Crippen molar-refractivity contribution in [2.45, 2.75) is 12.7 Å². The minimum atomic E-state index is -4.33. The number of hydrogen-bond donors (Lipinski definition) is 1. The molecule has 3 nitrogen and oxygen atoms in total. The summed E-state index contributed by atoms with van der Waals surface area (Å²) in [6.45, 7) is 0.221.